The zero-order chi connectivity index (χ0) is 25.9. The molecule has 2 heterocycles. The summed E-state index contributed by atoms with van der Waals surface area (Å²) in [5, 5.41) is 8.18. The van der Waals surface area contributed by atoms with E-state index in [1.165, 1.54) is 17.8 Å². The monoisotopic (exact) mass is 521 g/mol. The lowest BCUT2D eigenvalue weighted by molar-refractivity contribution is -0.119. The molecule has 1 N–H and O–H groups in total. The molecule has 2 aromatic heterocycles. The van der Waals surface area contributed by atoms with Crippen molar-refractivity contribution in [3.8, 4) is 11.3 Å². The number of esters is 1. The van der Waals surface area contributed by atoms with Crippen LogP contribution in [0, 0.1) is 0 Å². The van der Waals surface area contributed by atoms with Crippen LogP contribution in [0.1, 0.15) is 47.3 Å². The van der Waals surface area contributed by atoms with Crippen LogP contribution in [0.2, 0.25) is 0 Å². The summed E-state index contributed by atoms with van der Waals surface area (Å²) >= 11 is 1.34. The summed E-state index contributed by atoms with van der Waals surface area (Å²) in [4.78, 5) is 35.6. The first-order chi connectivity index (χ1) is 18.7. The predicted octanol–water partition coefficient (Wildman–Crippen LogP) is 6.97. The first-order valence-electron chi connectivity index (χ1n) is 13.0. The van der Waals surface area contributed by atoms with E-state index < -0.39 is 11.9 Å². The summed E-state index contributed by atoms with van der Waals surface area (Å²) in [6.45, 7) is -0.382. The zero-order valence-electron chi connectivity index (χ0n) is 20.9. The minimum Gasteiger partial charge on any atom is -0.452 e. The lowest BCUT2D eigenvalue weighted by Gasteiger charge is -2.18. The van der Waals surface area contributed by atoms with Crippen molar-refractivity contribution in [2.24, 2.45) is 0 Å². The Balaban J connectivity index is 1.18. The van der Waals surface area contributed by atoms with Gasteiger partial charge >= 0.3 is 5.97 Å². The Morgan fingerprint density at radius 1 is 0.842 bits per heavy atom. The van der Waals surface area contributed by atoms with Crippen molar-refractivity contribution in [1.29, 1.82) is 0 Å². The molecule has 5 aromatic rings. The number of amides is 1. The standard InChI is InChI=1S/C31H27N3O3S/c35-28(34-31-33-27(19-38-31)22-15-9-11-20-10-5-6-12-21(20)22)18-37-30(36)29-23-13-3-1-2-4-16-25(23)32-26-17-8-7-14-24(26)29/h5-12,14-15,17,19H,1-4,13,16,18H2,(H,33,34,35). The van der Waals surface area contributed by atoms with E-state index >= 15 is 0 Å². The van der Waals surface area contributed by atoms with Gasteiger partial charge in [-0.2, -0.15) is 0 Å². The summed E-state index contributed by atoms with van der Waals surface area (Å²) in [5.41, 5.74) is 5.07. The number of pyridine rings is 1. The molecule has 6 nitrogen and oxygen atoms in total. The van der Waals surface area contributed by atoms with Gasteiger partial charge in [-0.05, 0) is 48.1 Å². The zero-order valence-corrected chi connectivity index (χ0v) is 21.7. The molecule has 190 valence electrons. The summed E-state index contributed by atoms with van der Waals surface area (Å²) < 4.78 is 5.56. The molecule has 0 unspecified atom stereocenters. The number of carbonyl (C=O) groups is 2. The molecule has 0 radical (unpaired) electrons. The molecule has 7 heteroatoms. The third kappa shape index (κ3) is 4.89. The molecule has 0 fully saturated rings. The molecular weight excluding hydrogens is 494 g/mol. The van der Waals surface area contributed by atoms with Gasteiger partial charge in [-0.25, -0.2) is 9.78 Å². The maximum absolute atomic E-state index is 13.4. The van der Waals surface area contributed by atoms with Gasteiger partial charge in [0.05, 0.1) is 16.8 Å². The smallest absolute Gasteiger partial charge is 0.339 e. The van der Waals surface area contributed by atoms with E-state index in [2.05, 4.69) is 28.5 Å². The Morgan fingerprint density at radius 2 is 1.61 bits per heavy atom. The lowest BCUT2D eigenvalue weighted by atomic mass is 9.91. The number of aryl methyl sites for hydroxylation is 1. The second kappa shape index (κ2) is 10.7. The Hall–Kier alpha value is -4.10. The van der Waals surface area contributed by atoms with Crippen LogP contribution in [0.5, 0.6) is 0 Å². The van der Waals surface area contributed by atoms with Gasteiger partial charge in [0.1, 0.15) is 0 Å². The average Bonchev–Trinajstić information content (AvgIpc) is 3.39. The van der Waals surface area contributed by atoms with Crippen LogP contribution in [0.4, 0.5) is 5.13 Å². The quantitative estimate of drug-likeness (QED) is 0.253. The molecule has 0 aliphatic heterocycles. The molecular formula is C31H27N3O3S. The van der Waals surface area contributed by atoms with Gasteiger partial charge in [0, 0.05) is 22.0 Å². The van der Waals surface area contributed by atoms with Gasteiger partial charge in [-0.1, -0.05) is 73.5 Å². The van der Waals surface area contributed by atoms with Crippen molar-refractivity contribution >= 4 is 50.0 Å². The van der Waals surface area contributed by atoms with E-state index in [-0.39, 0.29) is 6.61 Å². The lowest BCUT2D eigenvalue weighted by Crippen LogP contribution is -2.22. The number of anilines is 1. The predicted molar refractivity (Wildman–Crippen MR) is 152 cm³/mol. The second-order valence-electron chi connectivity index (χ2n) is 9.53. The normalized spacial score (nSPS) is 13.5. The SMILES string of the molecule is O=C(COC(=O)c1c2c(nc3ccccc13)CCCCCC2)Nc1nc(-c2cccc3ccccc23)cs1. The third-order valence-corrected chi connectivity index (χ3v) is 7.78. The Bertz CT molecular complexity index is 1650. The molecule has 0 spiro atoms. The topological polar surface area (TPSA) is 81.2 Å². The number of ether oxygens (including phenoxy) is 1. The molecule has 38 heavy (non-hydrogen) atoms. The van der Waals surface area contributed by atoms with Gasteiger partial charge in [0.15, 0.2) is 11.7 Å². The van der Waals surface area contributed by atoms with Crippen molar-refractivity contribution < 1.29 is 14.3 Å². The highest BCUT2D eigenvalue weighted by Crippen LogP contribution is 2.31. The van der Waals surface area contributed by atoms with Crippen LogP contribution in [0.3, 0.4) is 0 Å². The minimum absolute atomic E-state index is 0.382. The number of nitrogens with zero attached hydrogens (tertiary/aromatic N) is 2. The van der Waals surface area contributed by atoms with Crippen LogP contribution in [-0.2, 0) is 22.4 Å². The molecule has 3 aromatic carbocycles. The molecule has 0 saturated carbocycles. The Morgan fingerprint density at radius 3 is 2.50 bits per heavy atom. The summed E-state index contributed by atoms with van der Waals surface area (Å²) in [6, 6.07) is 21.9. The maximum Gasteiger partial charge on any atom is 0.339 e. The van der Waals surface area contributed by atoms with Crippen LogP contribution in [-0.4, -0.2) is 28.5 Å². The second-order valence-corrected chi connectivity index (χ2v) is 10.4. The molecule has 0 bridgehead atoms. The fraction of sp³-hybridized carbons (Fsp3) is 0.226. The number of nitrogens with one attached hydrogen (secondary N) is 1. The van der Waals surface area contributed by atoms with E-state index in [9.17, 15) is 9.59 Å². The van der Waals surface area contributed by atoms with Gasteiger partial charge in [0.2, 0.25) is 0 Å². The van der Waals surface area contributed by atoms with Gasteiger partial charge < -0.3 is 4.74 Å². The molecule has 6 rings (SSSR count). The Kier molecular flexibility index (Phi) is 6.84. The molecule has 1 aliphatic carbocycles. The summed E-state index contributed by atoms with van der Waals surface area (Å²) in [6.07, 6.45) is 6.02. The first-order valence-corrected chi connectivity index (χ1v) is 13.9. The number of hydrogen-bond acceptors (Lipinski definition) is 6. The fourth-order valence-electron chi connectivity index (χ4n) is 5.22. The van der Waals surface area contributed by atoms with E-state index in [1.807, 2.05) is 53.9 Å². The van der Waals surface area contributed by atoms with Gasteiger partial charge in [-0.15, -0.1) is 11.3 Å². The minimum atomic E-state index is -0.480. The molecule has 0 saturated heterocycles. The molecule has 0 atom stereocenters. The van der Waals surface area contributed by atoms with Crippen molar-refractivity contribution in [1.82, 2.24) is 9.97 Å². The number of fused-ring (bicyclic) bond motifs is 3. The number of para-hydroxylation sites is 1. The van der Waals surface area contributed by atoms with Crippen LogP contribution in [0.15, 0.2) is 72.1 Å². The number of carbonyl (C=O) groups excluding carboxylic acids is 2. The van der Waals surface area contributed by atoms with E-state index in [1.54, 1.807) is 0 Å². The maximum atomic E-state index is 13.4. The van der Waals surface area contributed by atoms with Gasteiger partial charge in [0.25, 0.3) is 5.91 Å². The van der Waals surface area contributed by atoms with Crippen LogP contribution >= 0.6 is 11.3 Å². The van der Waals surface area contributed by atoms with Crippen molar-refractivity contribution in [3.05, 3.63) is 88.9 Å². The summed E-state index contributed by atoms with van der Waals surface area (Å²) in [7, 11) is 0. The average molecular weight is 522 g/mol. The highest BCUT2D eigenvalue weighted by molar-refractivity contribution is 7.14. The van der Waals surface area contributed by atoms with Gasteiger partial charge in [-0.3, -0.25) is 15.1 Å². The van der Waals surface area contributed by atoms with E-state index in [0.717, 1.165) is 76.3 Å². The highest BCUT2D eigenvalue weighted by atomic mass is 32.1. The third-order valence-electron chi connectivity index (χ3n) is 7.02. The number of hydrogen-bond donors (Lipinski definition) is 1. The van der Waals surface area contributed by atoms with Crippen molar-refractivity contribution in [2.45, 2.75) is 38.5 Å². The first kappa shape index (κ1) is 24.2. The highest BCUT2D eigenvalue weighted by Gasteiger charge is 2.23. The van der Waals surface area contributed by atoms with E-state index in [4.69, 9.17) is 9.72 Å². The number of benzene rings is 3. The van der Waals surface area contributed by atoms with E-state index in [0.29, 0.717) is 10.7 Å². The largest absolute Gasteiger partial charge is 0.452 e. The fourth-order valence-corrected chi connectivity index (χ4v) is 5.95. The molecule has 1 aliphatic rings. The van der Waals surface area contributed by atoms with Crippen LogP contribution < -0.4 is 5.32 Å². The number of thiazole rings is 1. The summed E-state index contributed by atoms with van der Waals surface area (Å²) in [5.74, 6) is -0.899. The molecule has 1 amide bonds. The van der Waals surface area contributed by atoms with Crippen molar-refractivity contribution in [3.63, 3.8) is 0 Å². The number of aromatic nitrogens is 2. The Labute approximate surface area is 224 Å². The van der Waals surface area contributed by atoms with Crippen molar-refractivity contribution in [2.75, 3.05) is 11.9 Å². The number of rotatable bonds is 5. The van der Waals surface area contributed by atoms with Crippen LogP contribution in [0.25, 0.3) is 32.9 Å².